The summed E-state index contributed by atoms with van der Waals surface area (Å²) in [5.41, 5.74) is 4.15. The molecular formula is C18H18ClNO. The largest absolute Gasteiger partial charge is 0.487 e. The van der Waals surface area contributed by atoms with Crippen molar-refractivity contribution in [2.75, 3.05) is 5.88 Å². The van der Waals surface area contributed by atoms with Crippen molar-refractivity contribution in [3.63, 3.8) is 0 Å². The van der Waals surface area contributed by atoms with Crippen LogP contribution in [0, 0.1) is 25.7 Å². The van der Waals surface area contributed by atoms with Crippen molar-refractivity contribution in [1.82, 2.24) is 4.98 Å². The zero-order chi connectivity index (χ0) is 15.1. The van der Waals surface area contributed by atoms with Crippen molar-refractivity contribution in [3.8, 4) is 17.6 Å². The lowest BCUT2D eigenvalue weighted by molar-refractivity contribution is 0.298. The highest BCUT2D eigenvalue weighted by Gasteiger charge is 2.03. The van der Waals surface area contributed by atoms with E-state index in [1.54, 1.807) is 6.20 Å². The number of ether oxygens (including phenoxy) is 1. The van der Waals surface area contributed by atoms with Gasteiger partial charge in [-0.25, -0.2) is 0 Å². The third-order valence-electron chi connectivity index (χ3n) is 3.11. The first-order chi connectivity index (χ1) is 10.2. The van der Waals surface area contributed by atoms with E-state index in [2.05, 4.69) is 16.8 Å². The number of hydrogen-bond acceptors (Lipinski definition) is 2. The molecule has 0 saturated carbocycles. The molecule has 0 aliphatic rings. The molecular weight excluding hydrogens is 282 g/mol. The van der Waals surface area contributed by atoms with Gasteiger partial charge in [-0.05, 0) is 49.2 Å². The Balaban J connectivity index is 2.05. The highest BCUT2D eigenvalue weighted by Crippen LogP contribution is 2.20. The predicted molar refractivity (Wildman–Crippen MR) is 86.7 cm³/mol. The van der Waals surface area contributed by atoms with Gasteiger partial charge < -0.3 is 4.74 Å². The first-order valence-corrected chi connectivity index (χ1v) is 7.43. The molecule has 0 amide bonds. The molecule has 0 atom stereocenters. The number of aryl methyl sites for hydroxylation is 2. The van der Waals surface area contributed by atoms with Crippen LogP contribution >= 0.6 is 11.6 Å². The molecule has 0 N–H and O–H groups in total. The Kier molecular flexibility index (Phi) is 5.66. The Morgan fingerprint density at radius 3 is 2.76 bits per heavy atom. The van der Waals surface area contributed by atoms with Gasteiger partial charge in [0.25, 0.3) is 0 Å². The number of rotatable bonds is 4. The Morgan fingerprint density at radius 1 is 1.19 bits per heavy atom. The summed E-state index contributed by atoms with van der Waals surface area (Å²) in [4.78, 5) is 4.33. The van der Waals surface area contributed by atoms with Crippen molar-refractivity contribution in [3.05, 3.63) is 58.9 Å². The fourth-order valence-corrected chi connectivity index (χ4v) is 2.01. The highest BCUT2D eigenvalue weighted by atomic mass is 35.5. The molecule has 0 saturated heterocycles. The van der Waals surface area contributed by atoms with Gasteiger partial charge >= 0.3 is 0 Å². The van der Waals surface area contributed by atoms with Gasteiger partial charge in [-0.15, -0.1) is 11.6 Å². The number of alkyl halides is 1. The average Bonchev–Trinajstić information content (AvgIpc) is 2.48. The van der Waals surface area contributed by atoms with Crippen LogP contribution in [-0.2, 0) is 6.61 Å². The average molecular weight is 300 g/mol. The molecule has 0 radical (unpaired) electrons. The molecule has 1 aromatic heterocycles. The van der Waals surface area contributed by atoms with E-state index in [-0.39, 0.29) is 0 Å². The maximum atomic E-state index is 5.85. The van der Waals surface area contributed by atoms with Crippen molar-refractivity contribution in [2.24, 2.45) is 0 Å². The number of benzene rings is 1. The molecule has 0 fully saturated rings. The summed E-state index contributed by atoms with van der Waals surface area (Å²) in [5.74, 6) is 7.55. The van der Waals surface area contributed by atoms with E-state index in [4.69, 9.17) is 16.3 Å². The number of halogens is 1. The van der Waals surface area contributed by atoms with E-state index in [1.165, 1.54) is 0 Å². The van der Waals surface area contributed by atoms with Gasteiger partial charge in [0.1, 0.15) is 12.4 Å². The minimum atomic E-state index is 0.477. The second kappa shape index (κ2) is 7.71. The molecule has 0 bridgehead atoms. The summed E-state index contributed by atoms with van der Waals surface area (Å²) in [7, 11) is 0. The lowest BCUT2D eigenvalue weighted by Crippen LogP contribution is -2.01. The molecule has 3 heteroatoms. The summed E-state index contributed by atoms with van der Waals surface area (Å²) in [5, 5.41) is 0. The van der Waals surface area contributed by atoms with E-state index < -0.39 is 0 Å². The molecule has 2 rings (SSSR count). The van der Waals surface area contributed by atoms with Crippen LogP contribution in [0.5, 0.6) is 5.75 Å². The standard InChI is InChI=1S/C18H18ClNO/c1-14-6-5-11-20-17(14)13-21-18-9-8-16(12-15(18)2)7-3-4-10-19/h5-6,8-9,11-12H,4,10,13H2,1-2H3. The van der Waals surface area contributed by atoms with Gasteiger partial charge in [-0.2, -0.15) is 0 Å². The van der Waals surface area contributed by atoms with E-state index in [0.29, 0.717) is 18.9 Å². The quantitative estimate of drug-likeness (QED) is 0.622. The third-order valence-corrected chi connectivity index (χ3v) is 3.30. The second-order valence-corrected chi connectivity index (χ2v) is 5.15. The zero-order valence-corrected chi connectivity index (χ0v) is 13.1. The minimum Gasteiger partial charge on any atom is -0.487 e. The Labute approximate surface area is 131 Å². The smallest absolute Gasteiger partial charge is 0.130 e. The van der Waals surface area contributed by atoms with Crippen LogP contribution in [0.3, 0.4) is 0 Å². The molecule has 0 aliphatic heterocycles. The van der Waals surface area contributed by atoms with Gasteiger partial charge in [0.15, 0.2) is 0 Å². The lowest BCUT2D eigenvalue weighted by atomic mass is 10.1. The van der Waals surface area contributed by atoms with Crippen LogP contribution in [0.15, 0.2) is 36.5 Å². The molecule has 0 unspecified atom stereocenters. The van der Waals surface area contributed by atoms with Gasteiger partial charge in [-0.1, -0.05) is 17.9 Å². The topological polar surface area (TPSA) is 22.1 Å². The predicted octanol–water partition coefficient (Wildman–Crippen LogP) is 4.26. The van der Waals surface area contributed by atoms with Crippen molar-refractivity contribution >= 4 is 11.6 Å². The number of pyridine rings is 1. The third kappa shape index (κ3) is 4.51. The van der Waals surface area contributed by atoms with E-state index in [9.17, 15) is 0 Å². The van der Waals surface area contributed by atoms with Crippen LogP contribution in [0.25, 0.3) is 0 Å². The molecule has 2 nitrogen and oxygen atoms in total. The maximum absolute atomic E-state index is 5.85. The summed E-state index contributed by atoms with van der Waals surface area (Å²) in [6.45, 7) is 4.53. The van der Waals surface area contributed by atoms with E-state index in [0.717, 1.165) is 28.1 Å². The fourth-order valence-electron chi connectivity index (χ4n) is 1.92. The van der Waals surface area contributed by atoms with Crippen molar-refractivity contribution in [1.29, 1.82) is 0 Å². The fraction of sp³-hybridized carbons (Fsp3) is 0.278. The van der Waals surface area contributed by atoms with Crippen LogP contribution < -0.4 is 4.74 Å². The zero-order valence-electron chi connectivity index (χ0n) is 12.3. The van der Waals surface area contributed by atoms with E-state index in [1.807, 2.05) is 44.2 Å². The minimum absolute atomic E-state index is 0.477. The second-order valence-electron chi connectivity index (χ2n) is 4.78. The Morgan fingerprint density at radius 2 is 2.05 bits per heavy atom. The van der Waals surface area contributed by atoms with Crippen LogP contribution in [0.2, 0.25) is 0 Å². The molecule has 2 aromatic rings. The summed E-state index contributed by atoms with van der Waals surface area (Å²) in [6, 6.07) is 9.92. The normalized spacial score (nSPS) is 9.86. The summed E-state index contributed by atoms with van der Waals surface area (Å²) in [6.07, 6.45) is 2.49. The summed E-state index contributed by atoms with van der Waals surface area (Å²) < 4.78 is 5.85. The summed E-state index contributed by atoms with van der Waals surface area (Å²) >= 11 is 5.61. The number of hydrogen-bond donors (Lipinski definition) is 0. The van der Waals surface area contributed by atoms with Crippen LogP contribution in [0.4, 0.5) is 0 Å². The van der Waals surface area contributed by atoms with Crippen molar-refractivity contribution < 1.29 is 4.74 Å². The van der Waals surface area contributed by atoms with Crippen LogP contribution in [-0.4, -0.2) is 10.9 Å². The maximum Gasteiger partial charge on any atom is 0.130 e. The van der Waals surface area contributed by atoms with Crippen molar-refractivity contribution in [2.45, 2.75) is 26.9 Å². The van der Waals surface area contributed by atoms with Gasteiger partial charge in [0, 0.05) is 24.1 Å². The molecule has 1 heterocycles. The van der Waals surface area contributed by atoms with Gasteiger partial charge in [0.2, 0.25) is 0 Å². The van der Waals surface area contributed by atoms with Gasteiger partial charge in [-0.3, -0.25) is 4.98 Å². The molecule has 0 spiro atoms. The Bertz CT molecular complexity index is 670. The highest BCUT2D eigenvalue weighted by molar-refractivity contribution is 6.18. The Hall–Kier alpha value is -1.98. The number of nitrogens with zero attached hydrogens (tertiary/aromatic N) is 1. The van der Waals surface area contributed by atoms with Crippen LogP contribution in [0.1, 0.15) is 28.8 Å². The first-order valence-electron chi connectivity index (χ1n) is 6.89. The first kappa shape index (κ1) is 15.4. The molecule has 1 aromatic carbocycles. The monoisotopic (exact) mass is 299 g/mol. The molecule has 21 heavy (non-hydrogen) atoms. The van der Waals surface area contributed by atoms with E-state index >= 15 is 0 Å². The lowest BCUT2D eigenvalue weighted by Gasteiger charge is -2.10. The molecule has 0 aliphatic carbocycles. The van der Waals surface area contributed by atoms with Gasteiger partial charge in [0.05, 0.1) is 5.69 Å². The SMILES string of the molecule is Cc1cc(C#CCCCl)ccc1OCc1ncccc1C. The molecule has 108 valence electrons. The number of aromatic nitrogens is 1.